The fraction of sp³-hybridized carbons (Fsp3) is 0.0526. The minimum Gasteiger partial charge on any atom is -0.305 e. The number of terminal acetylenes is 1. The second-order valence-corrected chi connectivity index (χ2v) is 6.81. The number of thiazole rings is 1. The van der Waals surface area contributed by atoms with Crippen molar-refractivity contribution < 1.29 is 9.72 Å². The zero-order chi connectivity index (χ0) is 19.4. The lowest BCUT2D eigenvalue weighted by Crippen LogP contribution is -2.15. The monoisotopic (exact) mass is 397 g/mol. The molecule has 0 bridgehead atoms. The Morgan fingerprint density at radius 3 is 2.85 bits per heavy atom. The highest BCUT2D eigenvalue weighted by atomic mass is 35.5. The molecule has 0 atom stereocenters. The summed E-state index contributed by atoms with van der Waals surface area (Å²) in [5, 5.41) is 11.5. The maximum atomic E-state index is 12.2. The number of aromatic nitrogens is 1. The Bertz CT molecular complexity index is 1180. The van der Waals surface area contributed by atoms with Crippen LogP contribution in [0, 0.1) is 22.5 Å². The van der Waals surface area contributed by atoms with E-state index in [2.05, 4.69) is 10.9 Å². The molecule has 0 fully saturated rings. The highest BCUT2D eigenvalue weighted by molar-refractivity contribution is 7.16. The van der Waals surface area contributed by atoms with E-state index in [0.717, 1.165) is 11.3 Å². The lowest BCUT2D eigenvalue weighted by Gasteiger charge is -1.99. The lowest BCUT2D eigenvalue weighted by molar-refractivity contribution is -0.384. The molecule has 0 saturated heterocycles. The fourth-order valence-electron chi connectivity index (χ4n) is 2.41. The number of hydrogen-bond donors (Lipinski definition) is 0. The zero-order valence-electron chi connectivity index (χ0n) is 13.8. The highest BCUT2D eigenvalue weighted by Crippen LogP contribution is 2.23. The molecule has 0 radical (unpaired) electrons. The van der Waals surface area contributed by atoms with Crippen LogP contribution in [0.2, 0.25) is 5.02 Å². The molecule has 0 saturated carbocycles. The Labute approximate surface area is 163 Å². The van der Waals surface area contributed by atoms with Crippen LogP contribution < -0.4 is 4.80 Å². The van der Waals surface area contributed by atoms with Crippen LogP contribution in [0.4, 0.5) is 5.69 Å². The van der Waals surface area contributed by atoms with Crippen molar-refractivity contribution in [1.29, 1.82) is 0 Å². The Hall–Kier alpha value is -3.21. The topological polar surface area (TPSA) is 77.5 Å². The van der Waals surface area contributed by atoms with Crippen molar-refractivity contribution in [1.82, 2.24) is 4.57 Å². The smallest absolute Gasteiger partial charge is 0.272 e. The normalized spacial score (nSPS) is 11.8. The molecule has 1 amide bonds. The first-order valence-electron chi connectivity index (χ1n) is 7.72. The molecule has 6 nitrogen and oxygen atoms in total. The van der Waals surface area contributed by atoms with E-state index in [1.807, 2.05) is 6.07 Å². The van der Waals surface area contributed by atoms with Crippen LogP contribution in [-0.4, -0.2) is 15.4 Å². The largest absolute Gasteiger partial charge is 0.305 e. The van der Waals surface area contributed by atoms with E-state index in [0.29, 0.717) is 25.6 Å². The summed E-state index contributed by atoms with van der Waals surface area (Å²) >= 11 is 7.22. The molecular formula is C19H12ClN3O3S. The minimum absolute atomic E-state index is 0.0342. The van der Waals surface area contributed by atoms with Gasteiger partial charge in [0, 0.05) is 23.2 Å². The van der Waals surface area contributed by atoms with Gasteiger partial charge in [0.15, 0.2) is 4.80 Å². The van der Waals surface area contributed by atoms with Gasteiger partial charge in [0.1, 0.15) is 0 Å². The van der Waals surface area contributed by atoms with Crippen molar-refractivity contribution in [2.75, 3.05) is 0 Å². The number of benzene rings is 2. The van der Waals surface area contributed by atoms with Gasteiger partial charge in [0.25, 0.3) is 11.6 Å². The molecule has 1 aromatic heterocycles. The molecule has 0 aliphatic heterocycles. The summed E-state index contributed by atoms with van der Waals surface area (Å²) < 4.78 is 2.30. The predicted molar refractivity (Wildman–Crippen MR) is 106 cm³/mol. The van der Waals surface area contributed by atoms with E-state index < -0.39 is 10.8 Å². The molecule has 8 heteroatoms. The number of carbonyl (C=O) groups excluding carboxylic acids is 1. The van der Waals surface area contributed by atoms with Gasteiger partial charge in [-0.15, -0.1) is 6.42 Å². The van der Waals surface area contributed by atoms with Gasteiger partial charge in [-0.05, 0) is 23.8 Å². The molecular weight excluding hydrogens is 386 g/mol. The molecule has 134 valence electrons. The van der Waals surface area contributed by atoms with Crippen LogP contribution in [0.25, 0.3) is 16.3 Å². The number of nitro groups is 1. The number of rotatable bonds is 4. The van der Waals surface area contributed by atoms with Crippen molar-refractivity contribution >= 4 is 50.8 Å². The van der Waals surface area contributed by atoms with E-state index in [-0.39, 0.29) is 12.2 Å². The molecule has 2 aromatic carbocycles. The standard InChI is InChI=1S/C19H12ClN3O3S/c1-2-11-22-16-9-8-14(23(25)26)12-17(16)27-19(22)21-18(24)10-7-13-5-3-4-6-15(13)20/h1,3-10,12H,11H2. The van der Waals surface area contributed by atoms with E-state index in [9.17, 15) is 14.9 Å². The van der Waals surface area contributed by atoms with Gasteiger partial charge in [-0.2, -0.15) is 4.99 Å². The van der Waals surface area contributed by atoms with Crippen LogP contribution in [0.15, 0.2) is 53.5 Å². The number of halogens is 1. The third-order valence-electron chi connectivity index (χ3n) is 3.64. The van der Waals surface area contributed by atoms with Gasteiger partial charge in [-0.3, -0.25) is 14.9 Å². The van der Waals surface area contributed by atoms with Crippen LogP contribution in [-0.2, 0) is 11.3 Å². The zero-order valence-corrected chi connectivity index (χ0v) is 15.4. The van der Waals surface area contributed by atoms with Crippen LogP contribution in [0.3, 0.4) is 0 Å². The quantitative estimate of drug-likeness (QED) is 0.288. The summed E-state index contributed by atoms with van der Waals surface area (Å²) in [6.45, 7) is 0.193. The number of non-ortho nitro benzene ring substituents is 1. The second-order valence-electron chi connectivity index (χ2n) is 5.39. The molecule has 0 unspecified atom stereocenters. The van der Waals surface area contributed by atoms with E-state index in [1.165, 1.54) is 18.2 Å². The summed E-state index contributed by atoms with van der Waals surface area (Å²) in [7, 11) is 0. The molecule has 3 rings (SSSR count). The molecule has 27 heavy (non-hydrogen) atoms. The van der Waals surface area contributed by atoms with Crippen LogP contribution in [0.5, 0.6) is 0 Å². The molecule has 0 spiro atoms. The van der Waals surface area contributed by atoms with Crippen molar-refractivity contribution in [3.8, 4) is 12.3 Å². The third kappa shape index (κ3) is 4.14. The molecule has 1 heterocycles. The molecule has 0 N–H and O–H groups in total. The summed E-state index contributed by atoms with van der Waals surface area (Å²) in [6, 6.07) is 11.6. The van der Waals surface area contributed by atoms with Gasteiger partial charge in [0.05, 0.1) is 21.7 Å². The SMILES string of the molecule is C#CCn1c(=NC(=O)C=Cc2ccccc2Cl)sc2cc([N+](=O)[O-])ccc21. The highest BCUT2D eigenvalue weighted by Gasteiger charge is 2.12. The number of amides is 1. The van der Waals surface area contributed by atoms with E-state index in [1.54, 1.807) is 34.9 Å². The number of nitro benzene ring substituents is 1. The first-order valence-corrected chi connectivity index (χ1v) is 8.91. The van der Waals surface area contributed by atoms with Gasteiger partial charge in [-0.25, -0.2) is 0 Å². The number of fused-ring (bicyclic) bond motifs is 1. The van der Waals surface area contributed by atoms with Gasteiger partial charge in [0.2, 0.25) is 0 Å². The summed E-state index contributed by atoms with van der Waals surface area (Å²) in [5.74, 6) is 2.02. The summed E-state index contributed by atoms with van der Waals surface area (Å²) in [6.07, 6.45) is 8.31. The summed E-state index contributed by atoms with van der Waals surface area (Å²) in [5.41, 5.74) is 1.35. The Balaban J connectivity index is 2.02. The first-order chi connectivity index (χ1) is 13.0. The van der Waals surface area contributed by atoms with Crippen molar-refractivity contribution in [2.45, 2.75) is 6.54 Å². The van der Waals surface area contributed by atoms with E-state index >= 15 is 0 Å². The van der Waals surface area contributed by atoms with Crippen molar-refractivity contribution in [2.24, 2.45) is 4.99 Å². The molecule has 3 aromatic rings. The average Bonchev–Trinajstić information content (AvgIpc) is 2.98. The average molecular weight is 398 g/mol. The third-order valence-corrected chi connectivity index (χ3v) is 5.03. The Kier molecular flexibility index (Phi) is 5.50. The maximum Gasteiger partial charge on any atom is 0.272 e. The van der Waals surface area contributed by atoms with Gasteiger partial charge < -0.3 is 4.57 Å². The summed E-state index contributed by atoms with van der Waals surface area (Å²) in [4.78, 5) is 27.2. The van der Waals surface area contributed by atoms with E-state index in [4.69, 9.17) is 18.0 Å². The van der Waals surface area contributed by atoms with Gasteiger partial charge in [-0.1, -0.05) is 47.1 Å². The first kappa shape index (κ1) is 18.6. The maximum absolute atomic E-state index is 12.2. The lowest BCUT2D eigenvalue weighted by atomic mass is 10.2. The van der Waals surface area contributed by atoms with Gasteiger partial charge >= 0.3 is 0 Å². The van der Waals surface area contributed by atoms with Crippen LogP contribution >= 0.6 is 22.9 Å². The second kappa shape index (κ2) is 7.99. The van der Waals surface area contributed by atoms with Crippen molar-refractivity contribution in [3.05, 3.63) is 74.0 Å². The minimum atomic E-state index is -0.484. The number of nitrogens with zero attached hydrogens (tertiary/aromatic N) is 3. The van der Waals surface area contributed by atoms with Crippen molar-refractivity contribution in [3.63, 3.8) is 0 Å². The van der Waals surface area contributed by atoms with Crippen LogP contribution in [0.1, 0.15) is 5.56 Å². The molecule has 0 aliphatic rings. The Morgan fingerprint density at radius 1 is 1.37 bits per heavy atom. The Morgan fingerprint density at radius 2 is 2.15 bits per heavy atom. The number of carbonyl (C=O) groups is 1. The molecule has 0 aliphatic carbocycles. The predicted octanol–water partition coefficient (Wildman–Crippen LogP) is 4.04. The number of hydrogen-bond acceptors (Lipinski definition) is 4. The fourth-order valence-corrected chi connectivity index (χ4v) is 3.67.